The van der Waals surface area contributed by atoms with E-state index >= 15 is 4.39 Å². The lowest BCUT2D eigenvalue weighted by molar-refractivity contribution is -0.143. The van der Waals surface area contributed by atoms with E-state index in [1.165, 1.54) is 5.56 Å². The van der Waals surface area contributed by atoms with Gasteiger partial charge < -0.3 is 9.64 Å². The maximum Gasteiger partial charge on any atom is 0.316 e. The van der Waals surface area contributed by atoms with E-state index in [-0.39, 0.29) is 12.4 Å². The summed E-state index contributed by atoms with van der Waals surface area (Å²) in [6.07, 6.45) is 7.34. The second-order valence-corrected chi connectivity index (χ2v) is 11.0. The molecule has 2 aromatic rings. The van der Waals surface area contributed by atoms with Gasteiger partial charge in [0.25, 0.3) is 0 Å². The highest BCUT2D eigenvalue weighted by Crippen LogP contribution is 2.36. The summed E-state index contributed by atoms with van der Waals surface area (Å²) in [6.45, 7) is 8.00. The Morgan fingerprint density at radius 2 is 1.91 bits per heavy atom. The first kappa shape index (κ1) is 25.6. The Kier molecular flexibility index (Phi) is 8.05. The number of likely N-dealkylation sites (tertiary alicyclic amines) is 1. The molecule has 0 aromatic heterocycles. The summed E-state index contributed by atoms with van der Waals surface area (Å²) in [4.78, 5) is 14.7. The Bertz CT molecular complexity index is 1070. The number of halogens is 2. The van der Waals surface area contributed by atoms with Crippen LogP contribution in [0.1, 0.15) is 68.7 Å². The zero-order valence-electron chi connectivity index (χ0n) is 21.2. The van der Waals surface area contributed by atoms with Gasteiger partial charge in [-0.05, 0) is 106 Å². The molecule has 1 fully saturated rings. The molecule has 0 spiro atoms. The van der Waals surface area contributed by atoms with E-state index in [0.717, 1.165) is 62.0 Å². The number of alkyl halides is 1. The first-order valence-corrected chi connectivity index (χ1v) is 12.9. The molecule has 0 radical (unpaired) electrons. The Morgan fingerprint density at radius 3 is 2.63 bits per heavy atom. The first-order chi connectivity index (χ1) is 16.8. The van der Waals surface area contributed by atoms with Crippen LogP contribution in [0.3, 0.4) is 0 Å². The monoisotopic (exact) mass is 481 g/mol. The van der Waals surface area contributed by atoms with Crippen molar-refractivity contribution in [2.24, 2.45) is 11.3 Å². The number of allylic oxidation sites excluding steroid dienone is 1. The number of ether oxygens (including phenoxy) is 1. The van der Waals surface area contributed by atoms with Crippen LogP contribution in [0.2, 0.25) is 0 Å². The zero-order chi connectivity index (χ0) is 25.0. The number of carbonyl (C=O) groups excluding carboxylic acids is 1. The van der Waals surface area contributed by atoms with Crippen molar-refractivity contribution >= 4 is 11.5 Å². The van der Waals surface area contributed by atoms with Crippen LogP contribution >= 0.6 is 0 Å². The normalized spacial score (nSPS) is 18.7. The minimum Gasteiger partial charge on any atom is -0.423 e. The number of carbonyl (C=O) groups is 1. The zero-order valence-corrected chi connectivity index (χ0v) is 21.2. The summed E-state index contributed by atoms with van der Waals surface area (Å²) in [5, 5.41) is 0. The Balaban J connectivity index is 1.49. The second kappa shape index (κ2) is 11.0. The van der Waals surface area contributed by atoms with E-state index in [2.05, 4.69) is 35.2 Å². The molecule has 35 heavy (non-hydrogen) atoms. The van der Waals surface area contributed by atoms with Crippen molar-refractivity contribution in [2.75, 3.05) is 26.3 Å². The molecule has 2 aliphatic rings. The van der Waals surface area contributed by atoms with Gasteiger partial charge in [0.2, 0.25) is 0 Å². The molecule has 0 amide bonds. The van der Waals surface area contributed by atoms with Crippen LogP contribution in [0, 0.1) is 17.2 Å². The molecule has 1 saturated heterocycles. The van der Waals surface area contributed by atoms with Crippen molar-refractivity contribution in [3.63, 3.8) is 0 Å². The Hall–Kier alpha value is -2.53. The van der Waals surface area contributed by atoms with Crippen molar-refractivity contribution < 1.29 is 18.3 Å². The fraction of sp³-hybridized carbons (Fsp3) is 0.500. The topological polar surface area (TPSA) is 29.5 Å². The molecule has 5 heteroatoms. The highest BCUT2D eigenvalue weighted by atomic mass is 19.1. The molecular weight excluding hydrogens is 444 g/mol. The lowest BCUT2D eigenvalue weighted by Gasteiger charge is -2.19. The Morgan fingerprint density at radius 1 is 1.14 bits per heavy atom. The number of hydrogen-bond acceptors (Lipinski definition) is 3. The molecule has 1 atom stereocenters. The fourth-order valence-electron chi connectivity index (χ4n) is 5.06. The minimum atomic E-state index is -0.697. The summed E-state index contributed by atoms with van der Waals surface area (Å²) in [5.74, 6) is -0.244. The van der Waals surface area contributed by atoms with Gasteiger partial charge in [0.1, 0.15) is 0 Å². The average Bonchev–Trinajstić information content (AvgIpc) is 3.15. The smallest absolute Gasteiger partial charge is 0.316 e. The summed E-state index contributed by atoms with van der Waals surface area (Å²) < 4.78 is 33.3. The molecule has 0 saturated carbocycles. The van der Waals surface area contributed by atoms with Gasteiger partial charge in [0.15, 0.2) is 11.6 Å². The molecule has 1 heterocycles. The van der Waals surface area contributed by atoms with Crippen LogP contribution in [-0.2, 0) is 17.6 Å². The van der Waals surface area contributed by atoms with Gasteiger partial charge in [0, 0.05) is 13.1 Å². The number of hydrogen-bond donors (Lipinski definition) is 0. The average molecular weight is 482 g/mol. The van der Waals surface area contributed by atoms with Gasteiger partial charge in [-0.25, -0.2) is 4.39 Å². The maximum absolute atomic E-state index is 15.4. The highest BCUT2D eigenvalue weighted by molar-refractivity contribution is 5.83. The third kappa shape index (κ3) is 6.19. The lowest BCUT2D eigenvalue weighted by Crippen LogP contribution is -2.26. The standard InChI is InChI=1S/C30H37F2NO2/c1-30(2,3)29(34)35-27-14-13-25-24(7-4-5-8-26(25)28(27)32)23-11-9-21(10-12-23)19-22-15-18-33(20-22)17-6-16-31/h7,9-14,22H,4-6,8,15-20H2,1-3H3/t22-/m1/s1. The number of rotatable bonds is 7. The maximum atomic E-state index is 15.4. The van der Waals surface area contributed by atoms with E-state index < -0.39 is 17.2 Å². The predicted octanol–water partition coefficient (Wildman–Crippen LogP) is 6.77. The van der Waals surface area contributed by atoms with Crippen LogP contribution in [0.15, 0.2) is 42.5 Å². The largest absolute Gasteiger partial charge is 0.423 e. The molecule has 0 N–H and O–H groups in total. The fourth-order valence-corrected chi connectivity index (χ4v) is 5.06. The number of nitrogens with zero attached hydrogens (tertiary/aromatic N) is 1. The van der Waals surface area contributed by atoms with E-state index in [1.54, 1.807) is 26.8 Å². The SMILES string of the molecule is CC(C)(C)C(=O)Oc1ccc2c(c1F)CCCC=C2c1ccc(C[C@H]2CCN(CCCF)C2)cc1. The quantitative estimate of drug-likeness (QED) is 0.323. The van der Waals surface area contributed by atoms with Crippen molar-refractivity contribution in [1.82, 2.24) is 4.90 Å². The third-order valence-corrected chi connectivity index (χ3v) is 7.06. The molecule has 4 rings (SSSR count). The van der Waals surface area contributed by atoms with Crippen molar-refractivity contribution in [2.45, 2.75) is 59.3 Å². The van der Waals surface area contributed by atoms with Crippen molar-refractivity contribution in [1.29, 1.82) is 0 Å². The number of esters is 1. The predicted molar refractivity (Wildman–Crippen MR) is 137 cm³/mol. The van der Waals surface area contributed by atoms with E-state index in [1.807, 2.05) is 6.07 Å². The molecule has 0 unspecified atom stereocenters. The number of fused-ring (bicyclic) bond motifs is 1. The molecule has 1 aliphatic heterocycles. The van der Waals surface area contributed by atoms with Crippen LogP contribution in [-0.4, -0.2) is 37.2 Å². The molecule has 188 valence electrons. The summed E-state index contributed by atoms with van der Waals surface area (Å²) in [7, 11) is 0. The van der Waals surface area contributed by atoms with Gasteiger partial charge in [-0.15, -0.1) is 0 Å². The molecule has 2 aromatic carbocycles. The van der Waals surface area contributed by atoms with Crippen molar-refractivity contribution in [3.8, 4) is 5.75 Å². The van der Waals surface area contributed by atoms with Gasteiger partial charge in [-0.2, -0.15) is 0 Å². The van der Waals surface area contributed by atoms with Gasteiger partial charge in [-0.1, -0.05) is 36.4 Å². The summed E-state index contributed by atoms with van der Waals surface area (Å²) in [6, 6.07) is 12.1. The van der Waals surface area contributed by atoms with Gasteiger partial charge in [0.05, 0.1) is 12.1 Å². The van der Waals surface area contributed by atoms with Gasteiger partial charge in [-0.3, -0.25) is 9.18 Å². The lowest BCUT2D eigenvalue weighted by atomic mass is 9.91. The van der Waals surface area contributed by atoms with Crippen LogP contribution in [0.5, 0.6) is 5.75 Å². The second-order valence-electron chi connectivity index (χ2n) is 11.0. The molecule has 1 aliphatic carbocycles. The van der Waals surface area contributed by atoms with E-state index in [9.17, 15) is 9.18 Å². The molecule has 3 nitrogen and oxygen atoms in total. The van der Waals surface area contributed by atoms with E-state index in [4.69, 9.17) is 4.74 Å². The number of benzene rings is 2. The molecular formula is C30H37F2NO2. The molecule has 0 bridgehead atoms. The van der Waals surface area contributed by atoms with Crippen molar-refractivity contribution in [3.05, 3.63) is 70.5 Å². The van der Waals surface area contributed by atoms with Crippen LogP contribution in [0.25, 0.3) is 5.57 Å². The first-order valence-electron chi connectivity index (χ1n) is 12.9. The van der Waals surface area contributed by atoms with Gasteiger partial charge >= 0.3 is 5.97 Å². The van der Waals surface area contributed by atoms with Crippen LogP contribution in [0.4, 0.5) is 8.78 Å². The summed E-state index contributed by atoms with van der Waals surface area (Å²) >= 11 is 0. The highest BCUT2D eigenvalue weighted by Gasteiger charge is 2.27. The third-order valence-electron chi connectivity index (χ3n) is 7.06. The van der Waals surface area contributed by atoms with Crippen LogP contribution < -0.4 is 4.74 Å². The Labute approximate surface area is 208 Å². The minimum absolute atomic E-state index is 0.0115. The summed E-state index contributed by atoms with van der Waals surface area (Å²) in [5.41, 5.74) is 4.22. The van der Waals surface area contributed by atoms with E-state index in [0.29, 0.717) is 24.3 Å².